The van der Waals surface area contributed by atoms with Crippen molar-refractivity contribution in [2.75, 3.05) is 21.5 Å². The summed E-state index contributed by atoms with van der Waals surface area (Å²) in [5.74, 6) is -0.415. The molecule has 10 heteroatoms. The van der Waals surface area contributed by atoms with Crippen molar-refractivity contribution in [1.82, 2.24) is 4.98 Å². The largest absolute Gasteiger partial charge is 0.359 e. The Morgan fingerprint density at radius 1 is 1.06 bits per heavy atom. The quantitative estimate of drug-likeness (QED) is 0.351. The number of anilines is 3. The Bertz CT molecular complexity index is 1490. The van der Waals surface area contributed by atoms with Crippen LogP contribution in [0.15, 0.2) is 83.2 Å². The number of carbonyl (C=O) groups is 1. The minimum absolute atomic E-state index is 0.141. The first-order chi connectivity index (χ1) is 17.3. The van der Waals surface area contributed by atoms with Gasteiger partial charge in [-0.25, -0.2) is 17.8 Å². The second-order valence-corrected chi connectivity index (χ2v) is 11.0. The number of nitrogens with one attached hydrogen (secondary N) is 2. The number of benzene rings is 3. The monoisotopic (exact) mass is 522 g/mol. The normalized spacial score (nSPS) is 13.8. The zero-order chi connectivity index (χ0) is 25.3. The fourth-order valence-electron chi connectivity index (χ4n) is 4.23. The molecule has 0 fully saturated rings. The molecule has 1 atom stereocenters. The van der Waals surface area contributed by atoms with Gasteiger partial charge in [0, 0.05) is 35.1 Å². The zero-order valence-electron chi connectivity index (χ0n) is 19.3. The van der Waals surface area contributed by atoms with E-state index in [1.807, 2.05) is 30.0 Å². The van der Waals surface area contributed by atoms with Gasteiger partial charge in [-0.05, 0) is 60.9 Å². The molecular formula is C26H23FN4O3S2. The number of sulfonamides is 1. The lowest BCUT2D eigenvalue weighted by molar-refractivity contribution is -0.117. The summed E-state index contributed by atoms with van der Waals surface area (Å²) in [6, 6.07) is 18.4. The molecule has 3 aromatic carbocycles. The third kappa shape index (κ3) is 4.82. The molecule has 1 aliphatic heterocycles. The van der Waals surface area contributed by atoms with E-state index in [4.69, 9.17) is 0 Å². The van der Waals surface area contributed by atoms with E-state index in [9.17, 15) is 17.6 Å². The predicted octanol–water partition coefficient (Wildman–Crippen LogP) is 5.14. The van der Waals surface area contributed by atoms with Gasteiger partial charge < -0.3 is 10.2 Å². The van der Waals surface area contributed by atoms with E-state index in [-0.39, 0.29) is 16.6 Å². The van der Waals surface area contributed by atoms with Crippen LogP contribution in [0.25, 0.3) is 11.1 Å². The molecule has 0 saturated carbocycles. The van der Waals surface area contributed by atoms with Gasteiger partial charge >= 0.3 is 0 Å². The fourth-order valence-corrected chi connectivity index (χ4v) is 6.02. The average Bonchev–Trinajstić information content (AvgIpc) is 3.54. The van der Waals surface area contributed by atoms with Gasteiger partial charge in [0.15, 0.2) is 5.13 Å². The Morgan fingerprint density at radius 2 is 1.75 bits per heavy atom. The first kappa shape index (κ1) is 24.0. The van der Waals surface area contributed by atoms with Crippen molar-refractivity contribution in [3.05, 3.63) is 89.7 Å². The summed E-state index contributed by atoms with van der Waals surface area (Å²) in [7, 11) is -3.71. The maximum Gasteiger partial charge on any atom is 0.263 e. The van der Waals surface area contributed by atoms with Crippen molar-refractivity contribution in [2.45, 2.75) is 24.3 Å². The van der Waals surface area contributed by atoms with Gasteiger partial charge in [-0.3, -0.25) is 9.52 Å². The maximum absolute atomic E-state index is 14.0. The van der Waals surface area contributed by atoms with Gasteiger partial charge in [-0.1, -0.05) is 30.3 Å². The van der Waals surface area contributed by atoms with Crippen LogP contribution in [-0.2, 0) is 21.2 Å². The van der Waals surface area contributed by atoms with Gasteiger partial charge in [-0.2, -0.15) is 0 Å². The highest BCUT2D eigenvalue weighted by Gasteiger charge is 2.29. The number of hydrogen-bond acceptors (Lipinski definition) is 6. The highest BCUT2D eigenvalue weighted by Crippen LogP contribution is 2.32. The van der Waals surface area contributed by atoms with Crippen molar-refractivity contribution in [3.8, 4) is 11.1 Å². The van der Waals surface area contributed by atoms with Crippen LogP contribution >= 0.6 is 11.3 Å². The van der Waals surface area contributed by atoms with Crippen LogP contribution < -0.4 is 14.9 Å². The minimum atomic E-state index is -3.71. The van der Waals surface area contributed by atoms with Gasteiger partial charge in [0.1, 0.15) is 11.9 Å². The van der Waals surface area contributed by atoms with Crippen LogP contribution in [0.1, 0.15) is 12.5 Å². The molecule has 2 N–H and O–H groups in total. The van der Waals surface area contributed by atoms with E-state index in [1.165, 1.54) is 23.6 Å². The lowest BCUT2D eigenvalue weighted by Gasteiger charge is -2.26. The van der Waals surface area contributed by atoms with E-state index < -0.39 is 16.1 Å². The lowest BCUT2D eigenvalue weighted by atomic mass is 10.1. The van der Waals surface area contributed by atoms with Crippen LogP contribution in [0.4, 0.5) is 20.9 Å². The molecule has 0 aliphatic carbocycles. The van der Waals surface area contributed by atoms with Crippen LogP contribution in [0, 0.1) is 5.82 Å². The third-order valence-corrected chi connectivity index (χ3v) is 8.33. The minimum Gasteiger partial charge on any atom is -0.359 e. The molecule has 1 aromatic heterocycles. The third-order valence-electron chi connectivity index (χ3n) is 6.16. The Kier molecular flexibility index (Phi) is 6.46. The molecule has 0 radical (unpaired) electrons. The summed E-state index contributed by atoms with van der Waals surface area (Å²) in [5.41, 5.74) is 3.77. The van der Waals surface area contributed by atoms with Crippen LogP contribution in [0.3, 0.4) is 0 Å². The fraction of sp³-hybridized carbons (Fsp3) is 0.154. The molecular weight excluding hydrogens is 499 g/mol. The standard InChI is InChI=1S/C26H23FN4O3S2/c1-17(31-15-13-22-23(27)3-2-4-24(22)31)25(32)29-20-9-5-18(6-10-20)19-7-11-21(12-8-19)36(33,34)30-26-28-14-16-35-26/h2-12,14,16-17H,13,15H2,1H3,(H,28,30)(H,29,32)/t17-/m0/s1. The molecule has 0 bridgehead atoms. The first-order valence-corrected chi connectivity index (χ1v) is 13.7. The van der Waals surface area contributed by atoms with Crippen molar-refractivity contribution < 1.29 is 17.6 Å². The Balaban J connectivity index is 1.24. The maximum atomic E-state index is 14.0. The molecule has 1 aliphatic rings. The number of fused-ring (bicyclic) bond motifs is 1. The summed E-state index contributed by atoms with van der Waals surface area (Å²) in [6.07, 6.45) is 2.11. The Hall–Kier alpha value is -3.76. The number of hydrogen-bond donors (Lipinski definition) is 2. The SMILES string of the molecule is C[C@@H](C(=O)Nc1ccc(-c2ccc(S(=O)(=O)Nc3nccs3)cc2)cc1)N1CCc2c(F)cccc21. The molecule has 184 valence electrons. The van der Waals surface area contributed by atoms with Gasteiger partial charge in [0.25, 0.3) is 10.0 Å². The van der Waals surface area contributed by atoms with Gasteiger partial charge in [0.05, 0.1) is 4.90 Å². The van der Waals surface area contributed by atoms with Gasteiger partial charge in [-0.15, -0.1) is 11.3 Å². The van der Waals surface area contributed by atoms with E-state index >= 15 is 0 Å². The molecule has 2 heterocycles. The average molecular weight is 523 g/mol. The molecule has 7 nitrogen and oxygen atoms in total. The zero-order valence-corrected chi connectivity index (χ0v) is 20.9. The Morgan fingerprint density at radius 3 is 2.42 bits per heavy atom. The Labute approximate surface area is 212 Å². The van der Waals surface area contributed by atoms with E-state index in [0.717, 1.165) is 16.8 Å². The van der Waals surface area contributed by atoms with E-state index in [1.54, 1.807) is 47.8 Å². The van der Waals surface area contributed by atoms with Gasteiger partial charge in [0.2, 0.25) is 5.91 Å². The molecule has 5 rings (SSSR count). The lowest BCUT2D eigenvalue weighted by Crippen LogP contribution is -2.41. The summed E-state index contributed by atoms with van der Waals surface area (Å²) in [5, 5.41) is 4.93. The second kappa shape index (κ2) is 9.71. The highest BCUT2D eigenvalue weighted by atomic mass is 32.2. The van der Waals surface area contributed by atoms with Crippen molar-refractivity contribution in [3.63, 3.8) is 0 Å². The molecule has 0 spiro atoms. The van der Waals surface area contributed by atoms with Crippen LogP contribution in [0.5, 0.6) is 0 Å². The number of thiazole rings is 1. The smallest absolute Gasteiger partial charge is 0.263 e. The number of nitrogens with zero attached hydrogens (tertiary/aromatic N) is 2. The summed E-state index contributed by atoms with van der Waals surface area (Å²) >= 11 is 1.21. The van der Waals surface area contributed by atoms with E-state index in [2.05, 4.69) is 15.0 Å². The van der Waals surface area contributed by atoms with Crippen molar-refractivity contribution in [2.24, 2.45) is 0 Å². The number of aromatic nitrogens is 1. The predicted molar refractivity (Wildman–Crippen MR) is 140 cm³/mol. The molecule has 36 heavy (non-hydrogen) atoms. The van der Waals surface area contributed by atoms with E-state index in [0.29, 0.717) is 29.3 Å². The van der Waals surface area contributed by atoms with Crippen LogP contribution in [0.2, 0.25) is 0 Å². The van der Waals surface area contributed by atoms with Crippen LogP contribution in [-0.4, -0.2) is 31.9 Å². The second-order valence-electron chi connectivity index (χ2n) is 8.39. The molecule has 1 amide bonds. The number of rotatable bonds is 7. The van der Waals surface area contributed by atoms with Crippen molar-refractivity contribution in [1.29, 1.82) is 0 Å². The highest BCUT2D eigenvalue weighted by molar-refractivity contribution is 7.93. The number of halogens is 1. The first-order valence-electron chi connectivity index (χ1n) is 11.3. The number of carbonyl (C=O) groups excluding carboxylic acids is 1. The summed E-state index contributed by atoms with van der Waals surface area (Å²) in [4.78, 5) is 18.9. The topological polar surface area (TPSA) is 91.4 Å². The summed E-state index contributed by atoms with van der Waals surface area (Å²) in [6.45, 7) is 2.40. The number of amides is 1. The molecule has 0 saturated heterocycles. The molecule has 0 unspecified atom stereocenters. The molecule has 4 aromatic rings. The van der Waals surface area contributed by atoms with Crippen molar-refractivity contribution >= 4 is 43.8 Å². The summed E-state index contributed by atoms with van der Waals surface area (Å²) < 4.78 is 41.5.